The fraction of sp³-hybridized carbons (Fsp3) is 0.909. The molecule has 5 heteroatoms. The zero-order valence-electron chi connectivity index (χ0n) is 9.69. The van der Waals surface area contributed by atoms with Crippen LogP contribution in [0.3, 0.4) is 0 Å². The zero-order valence-corrected chi connectivity index (χ0v) is 11.3. The first-order valence-electron chi connectivity index (χ1n) is 5.74. The summed E-state index contributed by atoms with van der Waals surface area (Å²) in [6.07, 6.45) is 3.25. The third-order valence-electron chi connectivity index (χ3n) is 3.24. The van der Waals surface area contributed by atoms with Gasteiger partial charge in [-0.15, -0.1) is 0 Å². The van der Waals surface area contributed by atoms with Gasteiger partial charge in [-0.1, -0.05) is 15.9 Å². The minimum atomic E-state index is -0.820. The fourth-order valence-electron chi connectivity index (χ4n) is 2.16. The van der Waals surface area contributed by atoms with Crippen LogP contribution in [0.2, 0.25) is 0 Å². The summed E-state index contributed by atoms with van der Waals surface area (Å²) in [5.41, 5.74) is 0. The maximum absolute atomic E-state index is 10.8. The molecule has 1 aliphatic rings. The van der Waals surface area contributed by atoms with Crippen LogP contribution in [0.15, 0.2) is 0 Å². The van der Waals surface area contributed by atoms with E-state index in [1.54, 1.807) is 7.05 Å². The van der Waals surface area contributed by atoms with Crippen molar-refractivity contribution in [3.05, 3.63) is 0 Å². The number of ether oxygens (including phenoxy) is 1. The minimum Gasteiger partial charge on any atom is -0.465 e. The van der Waals surface area contributed by atoms with Gasteiger partial charge in [0.25, 0.3) is 0 Å². The van der Waals surface area contributed by atoms with E-state index in [1.807, 2.05) is 0 Å². The highest BCUT2D eigenvalue weighted by molar-refractivity contribution is 9.09. The molecule has 0 heterocycles. The van der Waals surface area contributed by atoms with Gasteiger partial charge in [0.1, 0.15) is 0 Å². The Morgan fingerprint density at radius 1 is 1.44 bits per heavy atom. The Morgan fingerprint density at radius 2 is 2.06 bits per heavy atom. The molecular weight excluding hydrogens is 274 g/mol. The van der Waals surface area contributed by atoms with E-state index in [9.17, 15) is 4.79 Å². The largest absolute Gasteiger partial charge is 0.465 e. The molecule has 1 saturated carbocycles. The summed E-state index contributed by atoms with van der Waals surface area (Å²) < 4.78 is 5.49. The number of hydrogen-bond donors (Lipinski definition) is 1. The van der Waals surface area contributed by atoms with Crippen molar-refractivity contribution in [3.63, 3.8) is 0 Å². The van der Waals surface area contributed by atoms with E-state index in [0.717, 1.165) is 44.2 Å². The van der Waals surface area contributed by atoms with Gasteiger partial charge < -0.3 is 14.7 Å². The number of hydrogen-bond acceptors (Lipinski definition) is 2. The van der Waals surface area contributed by atoms with Gasteiger partial charge in [-0.25, -0.2) is 4.79 Å². The Kier molecular flexibility index (Phi) is 6.13. The highest BCUT2D eigenvalue weighted by Crippen LogP contribution is 2.27. The van der Waals surface area contributed by atoms with Crippen molar-refractivity contribution in [2.24, 2.45) is 5.92 Å². The SMILES string of the molecule is CN(C(=O)O)C1CCC(COCCBr)CC1. The van der Waals surface area contributed by atoms with Crippen molar-refractivity contribution in [2.45, 2.75) is 31.7 Å². The molecule has 1 fully saturated rings. The smallest absolute Gasteiger partial charge is 0.407 e. The van der Waals surface area contributed by atoms with Crippen molar-refractivity contribution in [1.82, 2.24) is 4.90 Å². The van der Waals surface area contributed by atoms with Crippen LogP contribution in [-0.4, -0.2) is 47.7 Å². The number of rotatable bonds is 5. The number of amides is 1. The van der Waals surface area contributed by atoms with E-state index in [-0.39, 0.29) is 6.04 Å². The van der Waals surface area contributed by atoms with Crippen molar-refractivity contribution in [3.8, 4) is 0 Å². The second-order valence-electron chi connectivity index (χ2n) is 4.33. The summed E-state index contributed by atoms with van der Waals surface area (Å²) >= 11 is 3.32. The molecule has 0 bridgehead atoms. The highest BCUT2D eigenvalue weighted by atomic mass is 79.9. The van der Waals surface area contributed by atoms with Crippen molar-refractivity contribution in [2.75, 3.05) is 25.6 Å². The molecule has 0 aromatic rings. The second kappa shape index (κ2) is 7.12. The topological polar surface area (TPSA) is 49.8 Å². The predicted molar refractivity (Wildman–Crippen MR) is 66.1 cm³/mol. The highest BCUT2D eigenvalue weighted by Gasteiger charge is 2.26. The molecule has 0 radical (unpaired) electrons. The summed E-state index contributed by atoms with van der Waals surface area (Å²) in [6.45, 7) is 1.57. The molecule has 0 saturated heterocycles. The molecule has 0 aromatic heterocycles. The standard InChI is InChI=1S/C11H20BrNO3/c1-13(11(14)15)10-4-2-9(3-5-10)8-16-7-6-12/h9-10H,2-8H2,1H3,(H,14,15). The third kappa shape index (κ3) is 4.29. The van der Waals surface area contributed by atoms with Crippen LogP contribution >= 0.6 is 15.9 Å². The van der Waals surface area contributed by atoms with Crippen molar-refractivity contribution >= 4 is 22.0 Å². The summed E-state index contributed by atoms with van der Waals surface area (Å²) in [6, 6.07) is 0.199. The Bertz CT molecular complexity index is 217. The van der Waals surface area contributed by atoms with E-state index < -0.39 is 6.09 Å². The van der Waals surface area contributed by atoms with Crippen molar-refractivity contribution in [1.29, 1.82) is 0 Å². The third-order valence-corrected chi connectivity index (χ3v) is 3.56. The molecule has 4 nitrogen and oxygen atoms in total. The molecule has 0 aromatic carbocycles. The maximum Gasteiger partial charge on any atom is 0.407 e. The van der Waals surface area contributed by atoms with Crippen LogP contribution in [0.1, 0.15) is 25.7 Å². The van der Waals surface area contributed by atoms with E-state index in [4.69, 9.17) is 9.84 Å². The Balaban J connectivity index is 2.20. The Labute approximate surface area is 105 Å². The minimum absolute atomic E-state index is 0.199. The Hall–Kier alpha value is -0.290. The van der Waals surface area contributed by atoms with Gasteiger partial charge in [-0.2, -0.15) is 0 Å². The van der Waals surface area contributed by atoms with E-state index in [2.05, 4.69) is 15.9 Å². The Morgan fingerprint density at radius 3 is 2.56 bits per heavy atom. The van der Waals surface area contributed by atoms with Gasteiger partial charge in [0, 0.05) is 25.0 Å². The normalized spacial score (nSPS) is 25.4. The summed E-state index contributed by atoms with van der Waals surface area (Å²) in [5, 5.41) is 9.75. The quantitative estimate of drug-likeness (QED) is 0.626. The van der Waals surface area contributed by atoms with E-state index >= 15 is 0 Å². The zero-order chi connectivity index (χ0) is 12.0. The molecule has 94 valence electrons. The number of nitrogens with zero attached hydrogens (tertiary/aromatic N) is 1. The monoisotopic (exact) mass is 293 g/mol. The molecule has 1 amide bonds. The molecule has 16 heavy (non-hydrogen) atoms. The summed E-state index contributed by atoms with van der Waals surface area (Å²) in [5.74, 6) is 0.609. The molecule has 0 unspecified atom stereocenters. The first-order valence-corrected chi connectivity index (χ1v) is 6.86. The summed E-state index contributed by atoms with van der Waals surface area (Å²) in [7, 11) is 1.66. The van der Waals surface area contributed by atoms with Crippen molar-refractivity contribution < 1.29 is 14.6 Å². The second-order valence-corrected chi connectivity index (χ2v) is 5.12. The van der Waals surface area contributed by atoms with Gasteiger partial charge in [0.05, 0.1) is 6.61 Å². The van der Waals surface area contributed by atoms with Gasteiger partial charge in [-0.3, -0.25) is 0 Å². The van der Waals surface area contributed by atoms with Gasteiger partial charge in [0.15, 0.2) is 0 Å². The molecule has 0 aliphatic heterocycles. The van der Waals surface area contributed by atoms with E-state index in [1.165, 1.54) is 4.90 Å². The molecule has 1 N–H and O–H groups in total. The fourth-order valence-corrected chi connectivity index (χ4v) is 2.39. The van der Waals surface area contributed by atoms with E-state index in [0.29, 0.717) is 5.92 Å². The molecule has 0 atom stereocenters. The van der Waals surface area contributed by atoms with Crippen LogP contribution < -0.4 is 0 Å². The average molecular weight is 294 g/mol. The number of carbonyl (C=O) groups is 1. The van der Waals surface area contributed by atoms with Crippen LogP contribution in [0.5, 0.6) is 0 Å². The van der Waals surface area contributed by atoms with Crippen LogP contribution in [0.4, 0.5) is 4.79 Å². The number of alkyl halides is 1. The number of halogens is 1. The molecule has 1 aliphatic carbocycles. The lowest BCUT2D eigenvalue weighted by molar-refractivity contribution is 0.0749. The van der Waals surface area contributed by atoms with Crippen LogP contribution in [0.25, 0.3) is 0 Å². The van der Waals surface area contributed by atoms with Crippen LogP contribution in [-0.2, 0) is 4.74 Å². The lowest BCUT2D eigenvalue weighted by Crippen LogP contribution is -2.39. The lowest BCUT2D eigenvalue weighted by atomic mass is 9.86. The van der Waals surface area contributed by atoms with Gasteiger partial charge in [0.2, 0.25) is 0 Å². The first-order chi connectivity index (χ1) is 7.65. The average Bonchev–Trinajstić information content (AvgIpc) is 2.29. The summed E-state index contributed by atoms with van der Waals surface area (Å²) in [4.78, 5) is 12.2. The predicted octanol–water partition coefficient (Wildman–Crippen LogP) is 2.57. The van der Waals surface area contributed by atoms with Crippen LogP contribution in [0, 0.1) is 5.92 Å². The lowest BCUT2D eigenvalue weighted by Gasteiger charge is -2.33. The first kappa shape index (κ1) is 13.8. The molecular formula is C11H20BrNO3. The molecule has 0 spiro atoms. The molecule has 1 rings (SSSR count). The maximum atomic E-state index is 10.8. The van der Waals surface area contributed by atoms with Gasteiger partial charge in [-0.05, 0) is 31.6 Å². The van der Waals surface area contributed by atoms with Gasteiger partial charge >= 0.3 is 6.09 Å². The number of carboxylic acid groups (broad SMARTS) is 1.